The molecule has 2 rings (SSSR count). The molecule has 0 saturated carbocycles. The van der Waals surface area contributed by atoms with E-state index in [4.69, 9.17) is 4.74 Å². The quantitative estimate of drug-likeness (QED) is 0.805. The summed E-state index contributed by atoms with van der Waals surface area (Å²) >= 11 is 1.71. The predicted octanol–water partition coefficient (Wildman–Crippen LogP) is 2.16. The van der Waals surface area contributed by atoms with Crippen LogP contribution in [-0.4, -0.2) is 30.6 Å². The summed E-state index contributed by atoms with van der Waals surface area (Å²) in [6.45, 7) is 2.58. The number of carbonyl (C=O) groups excluding carboxylic acids is 1. The van der Waals surface area contributed by atoms with E-state index in [1.54, 1.807) is 25.8 Å². The van der Waals surface area contributed by atoms with Gasteiger partial charge in [0.25, 0.3) is 0 Å². The van der Waals surface area contributed by atoms with Gasteiger partial charge in [-0.3, -0.25) is 4.79 Å². The van der Waals surface area contributed by atoms with Gasteiger partial charge in [-0.2, -0.15) is 0 Å². The molecule has 3 nitrogen and oxygen atoms in total. The molecule has 1 fully saturated rings. The van der Waals surface area contributed by atoms with E-state index in [0.717, 1.165) is 23.7 Å². The minimum Gasteiger partial charge on any atom is -0.497 e. The Morgan fingerprint density at radius 1 is 1.44 bits per heavy atom. The lowest BCUT2D eigenvalue weighted by Gasteiger charge is -2.23. The maximum absolute atomic E-state index is 11.5. The number of rotatable bonds is 3. The van der Waals surface area contributed by atoms with Gasteiger partial charge >= 0.3 is 0 Å². The van der Waals surface area contributed by atoms with Gasteiger partial charge in [-0.25, -0.2) is 0 Å². The summed E-state index contributed by atoms with van der Waals surface area (Å²) in [6.07, 6.45) is 0. The second-order valence-corrected chi connectivity index (χ2v) is 4.91. The predicted molar refractivity (Wildman–Crippen MR) is 67.3 cm³/mol. The molecule has 1 atom stereocenters. The summed E-state index contributed by atoms with van der Waals surface area (Å²) in [5.41, 5.74) is 1.09. The molecule has 0 aromatic heterocycles. The monoisotopic (exact) mass is 237 g/mol. The zero-order valence-corrected chi connectivity index (χ0v) is 10.3. The molecule has 1 aliphatic heterocycles. The van der Waals surface area contributed by atoms with Crippen molar-refractivity contribution in [3.63, 3.8) is 0 Å². The first-order valence-corrected chi connectivity index (χ1v) is 6.30. The minimum absolute atomic E-state index is 0.0200. The van der Waals surface area contributed by atoms with Crippen LogP contribution in [0.4, 0.5) is 5.69 Å². The third-order valence-corrected chi connectivity index (χ3v) is 3.96. The lowest BCUT2D eigenvalue weighted by Crippen LogP contribution is -2.33. The number of methoxy groups -OCH3 is 1. The average molecular weight is 237 g/mol. The van der Waals surface area contributed by atoms with Gasteiger partial charge in [0.1, 0.15) is 11.1 Å². The Hall–Kier alpha value is -1.16. The van der Waals surface area contributed by atoms with Crippen LogP contribution in [0.5, 0.6) is 5.75 Å². The lowest BCUT2D eigenvalue weighted by atomic mass is 10.2. The SMILES string of the molecule is COc1ccc(N2CCSC2C(C)=O)cc1. The van der Waals surface area contributed by atoms with Crippen molar-refractivity contribution >= 4 is 23.2 Å². The summed E-state index contributed by atoms with van der Waals surface area (Å²) in [4.78, 5) is 13.6. The van der Waals surface area contributed by atoms with E-state index in [1.165, 1.54) is 0 Å². The number of nitrogens with zero attached hydrogens (tertiary/aromatic N) is 1. The zero-order chi connectivity index (χ0) is 11.5. The standard InChI is InChI=1S/C12H15NO2S/c1-9(14)12-13(7-8-16-12)10-3-5-11(15-2)6-4-10/h3-6,12H,7-8H2,1-2H3. The molecule has 1 aromatic rings. The molecular formula is C12H15NO2S. The molecule has 0 bridgehead atoms. The van der Waals surface area contributed by atoms with Crippen LogP contribution in [0.1, 0.15) is 6.92 Å². The van der Waals surface area contributed by atoms with Crippen molar-refractivity contribution in [3.8, 4) is 5.75 Å². The van der Waals surface area contributed by atoms with Gasteiger partial charge in [0, 0.05) is 18.0 Å². The lowest BCUT2D eigenvalue weighted by molar-refractivity contribution is -0.116. The van der Waals surface area contributed by atoms with Crippen LogP contribution < -0.4 is 9.64 Å². The van der Waals surface area contributed by atoms with Crippen molar-refractivity contribution in [2.75, 3.05) is 24.3 Å². The molecule has 0 amide bonds. The van der Waals surface area contributed by atoms with Crippen LogP contribution in [0, 0.1) is 0 Å². The highest BCUT2D eigenvalue weighted by Crippen LogP contribution is 2.30. The van der Waals surface area contributed by atoms with E-state index >= 15 is 0 Å². The van der Waals surface area contributed by atoms with Crippen LogP contribution in [0.25, 0.3) is 0 Å². The van der Waals surface area contributed by atoms with Crippen molar-refractivity contribution in [1.29, 1.82) is 0 Å². The molecule has 0 radical (unpaired) electrons. The molecule has 86 valence electrons. The molecule has 0 spiro atoms. The number of hydrogen-bond acceptors (Lipinski definition) is 4. The van der Waals surface area contributed by atoms with E-state index < -0.39 is 0 Å². The number of hydrogen-bond donors (Lipinski definition) is 0. The van der Waals surface area contributed by atoms with Gasteiger partial charge in [0.2, 0.25) is 0 Å². The van der Waals surface area contributed by atoms with E-state index in [0.29, 0.717) is 0 Å². The van der Waals surface area contributed by atoms with Crippen molar-refractivity contribution in [2.24, 2.45) is 0 Å². The Labute approximate surface area is 99.8 Å². The van der Waals surface area contributed by atoms with E-state index in [1.807, 2.05) is 24.3 Å². The molecule has 1 heterocycles. The maximum Gasteiger partial charge on any atom is 0.162 e. The first-order valence-electron chi connectivity index (χ1n) is 5.25. The summed E-state index contributed by atoms with van der Waals surface area (Å²) in [7, 11) is 1.65. The molecule has 1 saturated heterocycles. The molecule has 1 aromatic carbocycles. The summed E-state index contributed by atoms with van der Waals surface area (Å²) in [5, 5.41) is -0.0200. The average Bonchev–Trinajstić information content (AvgIpc) is 2.78. The number of anilines is 1. The van der Waals surface area contributed by atoms with Crippen molar-refractivity contribution in [2.45, 2.75) is 12.3 Å². The highest BCUT2D eigenvalue weighted by Gasteiger charge is 2.28. The molecular weight excluding hydrogens is 222 g/mol. The highest BCUT2D eigenvalue weighted by molar-refractivity contribution is 8.01. The highest BCUT2D eigenvalue weighted by atomic mass is 32.2. The topological polar surface area (TPSA) is 29.5 Å². The smallest absolute Gasteiger partial charge is 0.162 e. The van der Waals surface area contributed by atoms with Gasteiger partial charge in [-0.05, 0) is 31.2 Å². The second-order valence-electron chi connectivity index (χ2n) is 3.73. The van der Waals surface area contributed by atoms with Crippen molar-refractivity contribution in [3.05, 3.63) is 24.3 Å². The Kier molecular flexibility index (Phi) is 3.39. The van der Waals surface area contributed by atoms with Crippen LogP contribution in [0.2, 0.25) is 0 Å². The molecule has 0 N–H and O–H groups in total. The Bertz CT molecular complexity index is 377. The maximum atomic E-state index is 11.5. The zero-order valence-electron chi connectivity index (χ0n) is 9.47. The summed E-state index contributed by atoms with van der Waals surface area (Å²) in [5.74, 6) is 2.07. The van der Waals surface area contributed by atoms with Crippen LogP contribution in [0.15, 0.2) is 24.3 Å². The molecule has 0 aliphatic carbocycles. The van der Waals surface area contributed by atoms with E-state index in [9.17, 15) is 4.79 Å². The van der Waals surface area contributed by atoms with Crippen LogP contribution in [-0.2, 0) is 4.79 Å². The first-order chi connectivity index (χ1) is 7.72. The Balaban J connectivity index is 2.19. The Morgan fingerprint density at radius 2 is 2.12 bits per heavy atom. The van der Waals surface area contributed by atoms with Gasteiger partial charge in [-0.15, -0.1) is 11.8 Å². The van der Waals surface area contributed by atoms with Crippen molar-refractivity contribution < 1.29 is 9.53 Å². The molecule has 4 heteroatoms. The van der Waals surface area contributed by atoms with Crippen LogP contribution in [0.3, 0.4) is 0 Å². The fourth-order valence-electron chi connectivity index (χ4n) is 1.84. The number of ether oxygens (including phenoxy) is 1. The number of benzene rings is 1. The molecule has 16 heavy (non-hydrogen) atoms. The summed E-state index contributed by atoms with van der Waals surface area (Å²) in [6, 6.07) is 7.85. The number of thioether (sulfide) groups is 1. The largest absolute Gasteiger partial charge is 0.497 e. The van der Waals surface area contributed by atoms with Gasteiger partial charge in [0.15, 0.2) is 5.78 Å². The number of ketones is 1. The van der Waals surface area contributed by atoms with Gasteiger partial charge < -0.3 is 9.64 Å². The third-order valence-electron chi connectivity index (χ3n) is 2.64. The Morgan fingerprint density at radius 3 is 2.69 bits per heavy atom. The van der Waals surface area contributed by atoms with Crippen molar-refractivity contribution in [1.82, 2.24) is 0 Å². The number of Topliss-reactive ketones (excluding diaryl/α,β-unsaturated/α-hetero) is 1. The normalized spacial score (nSPS) is 19.9. The van der Waals surface area contributed by atoms with Gasteiger partial charge in [0.05, 0.1) is 7.11 Å². The second kappa shape index (κ2) is 4.78. The third kappa shape index (κ3) is 2.16. The first kappa shape index (κ1) is 11.3. The van der Waals surface area contributed by atoms with Crippen LogP contribution >= 0.6 is 11.8 Å². The fraction of sp³-hybridized carbons (Fsp3) is 0.417. The summed E-state index contributed by atoms with van der Waals surface area (Å²) < 4.78 is 5.12. The molecule has 1 aliphatic rings. The van der Waals surface area contributed by atoms with E-state index in [-0.39, 0.29) is 11.2 Å². The minimum atomic E-state index is -0.0200. The molecule has 1 unspecified atom stereocenters. The fourth-order valence-corrected chi connectivity index (χ4v) is 3.01. The van der Waals surface area contributed by atoms with E-state index in [2.05, 4.69) is 4.90 Å². The number of carbonyl (C=O) groups is 1. The van der Waals surface area contributed by atoms with Gasteiger partial charge in [-0.1, -0.05) is 0 Å².